The summed E-state index contributed by atoms with van der Waals surface area (Å²) in [4.78, 5) is 19.0. The van der Waals surface area contributed by atoms with Crippen LogP contribution in [-0.2, 0) is 0 Å². The number of fused-ring (bicyclic) bond motifs is 4. The van der Waals surface area contributed by atoms with E-state index in [1.807, 2.05) is 95.7 Å². The first-order valence-electron chi connectivity index (χ1n) is 17.1. The number of para-hydroxylation sites is 1. The number of pyridine rings is 1. The van der Waals surface area contributed by atoms with Gasteiger partial charge in [0.25, 0.3) is 0 Å². The molecule has 10 rings (SSSR count). The maximum Gasteiger partial charge on any atom is 0.164 e. The number of benzene rings is 6. The van der Waals surface area contributed by atoms with Gasteiger partial charge in [-0.1, -0.05) is 103 Å². The summed E-state index contributed by atoms with van der Waals surface area (Å²) < 4.78 is 8.32. The van der Waals surface area contributed by atoms with Crippen molar-refractivity contribution in [2.45, 2.75) is 0 Å². The van der Waals surface area contributed by atoms with Crippen molar-refractivity contribution in [1.29, 1.82) is 0 Å². The molecule has 0 atom stereocenters. The molecule has 10 aromatic rings. The van der Waals surface area contributed by atoms with Crippen molar-refractivity contribution in [2.24, 2.45) is 0 Å². The van der Waals surface area contributed by atoms with Crippen LogP contribution in [0.5, 0.6) is 0 Å². The van der Waals surface area contributed by atoms with E-state index in [4.69, 9.17) is 24.5 Å². The third kappa shape index (κ3) is 5.20. The summed E-state index contributed by atoms with van der Waals surface area (Å²) in [5, 5.41) is 8.20. The minimum absolute atomic E-state index is 0.603. The van der Waals surface area contributed by atoms with E-state index in [1.54, 1.807) is 12.4 Å². The van der Waals surface area contributed by atoms with Gasteiger partial charge in [0, 0.05) is 50.8 Å². The lowest BCUT2D eigenvalue weighted by molar-refractivity contribution is 0.669. The molecule has 0 aliphatic rings. The van der Waals surface area contributed by atoms with E-state index < -0.39 is 0 Å². The van der Waals surface area contributed by atoms with E-state index in [-0.39, 0.29) is 0 Å². The highest BCUT2D eigenvalue weighted by Gasteiger charge is 2.17. The Morgan fingerprint density at radius 2 is 0.942 bits per heavy atom. The predicted octanol–water partition coefficient (Wildman–Crippen LogP) is 10.8. The van der Waals surface area contributed by atoms with Crippen LogP contribution in [0.25, 0.3) is 95.1 Å². The molecule has 0 radical (unpaired) electrons. The summed E-state index contributed by atoms with van der Waals surface area (Å²) in [6, 6.07) is 53.4. The quantitative estimate of drug-likeness (QED) is 0.175. The van der Waals surface area contributed by atoms with Crippen LogP contribution in [0, 0.1) is 0 Å². The molecular weight excluding hydrogens is 641 g/mol. The van der Waals surface area contributed by atoms with Crippen LogP contribution in [0.15, 0.2) is 175 Å². The Hall–Kier alpha value is -7.25. The highest BCUT2D eigenvalue weighted by atomic mass is 16.3. The van der Waals surface area contributed by atoms with Gasteiger partial charge in [-0.3, -0.25) is 4.98 Å². The van der Waals surface area contributed by atoms with E-state index in [0.29, 0.717) is 17.5 Å². The summed E-state index contributed by atoms with van der Waals surface area (Å²) in [5.74, 6) is 1.86. The zero-order chi connectivity index (χ0) is 34.4. The van der Waals surface area contributed by atoms with Crippen LogP contribution in [0.1, 0.15) is 0 Å². The van der Waals surface area contributed by atoms with Crippen molar-refractivity contribution in [1.82, 2.24) is 29.7 Å². The molecule has 0 saturated heterocycles. The number of furan rings is 1. The number of aromatic nitrogens is 6. The molecule has 7 heteroatoms. The molecule has 4 aromatic heterocycles. The maximum atomic E-state index is 6.34. The molecule has 7 nitrogen and oxygen atoms in total. The Morgan fingerprint density at radius 3 is 1.63 bits per heavy atom. The summed E-state index contributed by atoms with van der Waals surface area (Å²) >= 11 is 0. The van der Waals surface area contributed by atoms with Crippen molar-refractivity contribution < 1.29 is 4.42 Å². The molecule has 0 unspecified atom stereocenters. The molecule has 0 N–H and O–H groups in total. The van der Waals surface area contributed by atoms with E-state index in [9.17, 15) is 0 Å². The van der Waals surface area contributed by atoms with Crippen molar-refractivity contribution in [3.8, 4) is 62.2 Å². The monoisotopic (exact) mass is 668 g/mol. The molecule has 0 bridgehead atoms. The first kappa shape index (κ1) is 29.6. The van der Waals surface area contributed by atoms with Gasteiger partial charge in [0.15, 0.2) is 17.5 Å². The van der Waals surface area contributed by atoms with Gasteiger partial charge in [-0.05, 0) is 65.7 Å². The Kier molecular flexibility index (Phi) is 6.99. The second kappa shape index (κ2) is 12.3. The molecule has 4 heterocycles. The van der Waals surface area contributed by atoms with Crippen molar-refractivity contribution in [3.63, 3.8) is 0 Å². The largest absolute Gasteiger partial charge is 0.456 e. The fraction of sp³-hybridized carbons (Fsp3) is 0. The molecule has 0 amide bonds. The summed E-state index contributed by atoms with van der Waals surface area (Å²) in [6.07, 6.45) is 3.58. The Morgan fingerprint density at radius 1 is 0.404 bits per heavy atom. The van der Waals surface area contributed by atoms with Gasteiger partial charge < -0.3 is 4.42 Å². The van der Waals surface area contributed by atoms with Crippen LogP contribution < -0.4 is 0 Å². The maximum absolute atomic E-state index is 6.34. The first-order valence-corrected chi connectivity index (χ1v) is 17.1. The van der Waals surface area contributed by atoms with Crippen molar-refractivity contribution >= 4 is 32.8 Å². The average molecular weight is 669 g/mol. The molecule has 244 valence electrons. The van der Waals surface area contributed by atoms with Crippen LogP contribution in [0.2, 0.25) is 0 Å². The second-order valence-corrected chi connectivity index (χ2v) is 12.6. The molecule has 0 aliphatic heterocycles. The molecule has 0 aliphatic carbocycles. The summed E-state index contributed by atoms with van der Waals surface area (Å²) in [5.41, 5.74) is 10.5. The van der Waals surface area contributed by atoms with Crippen molar-refractivity contribution in [3.05, 3.63) is 170 Å². The number of nitrogens with zero attached hydrogens (tertiary/aromatic N) is 6. The SMILES string of the molecule is c1ccc(-c2nc(-c3ccccc3)nc(-c3ccc4oc5ccc(-c6cccc(-c7nn(-c8ccncc8)c8ccccc78)c6)cc5c4c3)n2)cc1. The fourth-order valence-corrected chi connectivity index (χ4v) is 6.84. The predicted molar refractivity (Wildman–Crippen MR) is 207 cm³/mol. The van der Waals surface area contributed by atoms with Gasteiger partial charge in [0.2, 0.25) is 0 Å². The second-order valence-electron chi connectivity index (χ2n) is 12.6. The molecule has 0 fully saturated rings. The first-order chi connectivity index (χ1) is 25.7. The third-order valence-electron chi connectivity index (χ3n) is 9.39. The lowest BCUT2D eigenvalue weighted by Crippen LogP contribution is -2.00. The van der Waals surface area contributed by atoms with E-state index in [2.05, 4.69) is 71.7 Å². The van der Waals surface area contributed by atoms with E-state index >= 15 is 0 Å². The van der Waals surface area contributed by atoms with Crippen molar-refractivity contribution in [2.75, 3.05) is 0 Å². The smallest absolute Gasteiger partial charge is 0.164 e. The van der Waals surface area contributed by atoms with Crippen LogP contribution in [0.4, 0.5) is 0 Å². The Bertz CT molecular complexity index is 2840. The van der Waals surface area contributed by atoms with E-state index in [1.165, 1.54) is 0 Å². The molecule has 0 spiro atoms. The number of rotatable bonds is 6. The van der Waals surface area contributed by atoms with E-state index in [0.717, 1.165) is 77.6 Å². The Balaban J connectivity index is 1.07. The zero-order valence-corrected chi connectivity index (χ0v) is 27.8. The topological polar surface area (TPSA) is 82.5 Å². The third-order valence-corrected chi connectivity index (χ3v) is 9.39. The van der Waals surface area contributed by atoms with Gasteiger partial charge in [-0.2, -0.15) is 5.10 Å². The zero-order valence-electron chi connectivity index (χ0n) is 27.8. The minimum atomic E-state index is 0.603. The van der Waals surface area contributed by atoms with Gasteiger partial charge in [-0.25, -0.2) is 19.6 Å². The summed E-state index contributed by atoms with van der Waals surface area (Å²) in [7, 11) is 0. The molecule has 6 aromatic carbocycles. The highest BCUT2D eigenvalue weighted by molar-refractivity contribution is 6.07. The fourth-order valence-electron chi connectivity index (χ4n) is 6.84. The van der Waals surface area contributed by atoms with Gasteiger partial charge >= 0.3 is 0 Å². The lowest BCUT2D eigenvalue weighted by atomic mass is 9.98. The van der Waals surface area contributed by atoms with Crippen LogP contribution in [0.3, 0.4) is 0 Å². The van der Waals surface area contributed by atoms with Gasteiger partial charge in [0.1, 0.15) is 16.9 Å². The number of hydrogen-bond acceptors (Lipinski definition) is 6. The highest BCUT2D eigenvalue weighted by Crippen LogP contribution is 2.37. The molecule has 52 heavy (non-hydrogen) atoms. The summed E-state index contributed by atoms with van der Waals surface area (Å²) in [6.45, 7) is 0. The standard InChI is InChI=1S/C45H28N6O/c1-3-10-29(11-4-1)43-47-44(30-12-5-2-6-13-30)49-45(48-43)34-19-21-41-38(28-34)37-27-32(18-20-40(37)52-41)31-14-9-15-33(26-31)42-36-16-7-8-17-39(36)51(50-42)35-22-24-46-25-23-35/h1-28H. The molecule has 0 saturated carbocycles. The van der Waals surface area contributed by atoms with Gasteiger partial charge in [-0.15, -0.1) is 0 Å². The normalized spacial score (nSPS) is 11.5. The molecular formula is C45H28N6O. The van der Waals surface area contributed by atoms with Crippen LogP contribution >= 0.6 is 0 Å². The Labute approximate surface area is 298 Å². The minimum Gasteiger partial charge on any atom is -0.456 e. The van der Waals surface area contributed by atoms with Gasteiger partial charge in [0.05, 0.1) is 11.2 Å². The van der Waals surface area contributed by atoms with Crippen LogP contribution in [-0.4, -0.2) is 29.7 Å². The average Bonchev–Trinajstić information content (AvgIpc) is 3.80. The lowest BCUT2D eigenvalue weighted by Gasteiger charge is -2.08. The number of hydrogen-bond donors (Lipinski definition) is 0.